The van der Waals surface area contributed by atoms with Crippen LogP contribution in [0.5, 0.6) is 0 Å². The Hall–Kier alpha value is -3.35. The molecule has 0 atom stereocenters. The van der Waals surface area contributed by atoms with Crippen LogP contribution in [0.3, 0.4) is 0 Å². The Kier molecular flexibility index (Phi) is 8.87. The predicted molar refractivity (Wildman–Crippen MR) is 115 cm³/mol. The highest BCUT2D eigenvalue weighted by Crippen LogP contribution is 2.07. The van der Waals surface area contributed by atoms with Crippen molar-refractivity contribution in [2.75, 3.05) is 13.2 Å². The van der Waals surface area contributed by atoms with Crippen LogP contribution in [0.25, 0.3) is 0 Å². The number of hydrogen-bond acceptors (Lipinski definition) is 4. The molecule has 7 heteroatoms. The van der Waals surface area contributed by atoms with Gasteiger partial charge in [-0.25, -0.2) is 9.59 Å². The van der Waals surface area contributed by atoms with Crippen molar-refractivity contribution in [3.8, 4) is 0 Å². The summed E-state index contributed by atoms with van der Waals surface area (Å²) in [4.78, 5) is 35.6. The summed E-state index contributed by atoms with van der Waals surface area (Å²) >= 11 is 0. The van der Waals surface area contributed by atoms with Crippen molar-refractivity contribution in [2.24, 2.45) is 0 Å². The first-order valence-electron chi connectivity index (χ1n) is 9.97. The molecule has 0 fully saturated rings. The molecule has 0 aliphatic heterocycles. The minimum Gasteiger partial charge on any atom is -0.452 e. The summed E-state index contributed by atoms with van der Waals surface area (Å²) in [5.41, 5.74) is 3.54. The number of hydrogen-bond donors (Lipinski definition) is 3. The highest BCUT2D eigenvalue weighted by atomic mass is 16.5. The van der Waals surface area contributed by atoms with Crippen LogP contribution >= 0.6 is 0 Å². The van der Waals surface area contributed by atoms with Crippen LogP contribution in [0.4, 0.5) is 4.79 Å². The third kappa shape index (κ3) is 7.95. The highest BCUT2D eigenvalue weighted by Gasteiger charge is 2.10. The van der Waals surface area contributed by atoms with Crippen LogP contribution in [0.1, 0.15) is 40.9 Å². The number of nitrogens with one attached hydrogen (secondary N) is 3. The van der Waals surface area contributed by atoms with Crippen molar-refractivity contribution in [3.63, 3.8) is 0 Å². The maximum Gasteiger partial charge on any atom is 0.338 e. The van der Waals surface area contributed by atoms with Gasteiger partial charge in [0.05, 0.1) is 5.56 Å². The van der Waals surface area contributed by atoms with Gasteiger partial charge in [-0.3, -0.25) is 4.79 Å². The fraction of sp³-hybridized carbons (Fsp3) is 0.348. The predicted octanol–water partition coefficient (Wildman–Crippen LogP) is 2.72. The van der Waals surface area contributed by atoms with E-state index in [2.05, 4.69) is 16.0 Å². The normalized spacial score (nSPS) is 10.4. The number of rotatable bonds is 9. The second-order valence-electron chi connectivity index (χ2n) is 7.28. The maximum absolute atomic E-state index is 12.1. The molecule has 2 rings (SSSR count). The third-order valence-electron chi connectivity index (χ3n) is 4.37. The molecule has 160 valence electrons. The van der Waals surface area contributed by atoms with Gasteiger partial charge in [-0.1, -0.05) is 36.4 Å². The van der Waals surface area contributed by atoms with Gasteiger partial charge >= 0.3 is 12.0 Å². The van der Waals surface area contributed by atoms with E-state index in [4.69, 9.17) is 4.74 Å². The first kappa shape index (κ1) is 22.9. The van der Waals surface area contributed by atoms with Crippen LogP contribution in [-0.4, -0.2) is 37.1 Å². The summed E-state index contributed by atoms with van der Waals surface area (Å²) < 4.78 is 5.07. The molecule has 3 N–H and O–H groups in total. The summed E-state index contributed by atoms with van der Waals surface area (Å²) in [6, 6.07) is 14.5. The van der Waals surface area contributed by atoms with Gasteiger partial charge in [-0.15, -0.1) is 0 Å². The van der Waals surface area contributed by atoms with Gasteiger partial charge in [-0.2, -0.15) is 0 Å². The lowest BCUT2D eigenvalue weighted by Crippen LogP contribution is -2.39. The highest BCUT2D eigenvalue weighted by molar-refractivity contribution is 5.91. The molecule has 0 aromatic heterocycles. The monoisotopic (exact) mass is 411 g/mol. The van der Waals surface area contributed by atoms with E-state index in [0.29, 0.717) is 18.7 Å². The van der Waals surface area contributed by atoms with E-state index in [9.17, 15) is 14.4 Å². The Morgan fingerprint density at radius 1 is 0.967 bits per heavy atom. The molecule has 0 aliphatic rings. The molecule has 0 heterocycles. The van der Waals surface area contributed by atoms with Crippen molar-refractivity contribution in [1.82, 2.24) is 16.0 Å². The topological polar surface area (TPSA) is 96.5 Å². The van der Waals surface area contributed by atoms with E-state index >= 15 is 0 Å². The number of aryl methyl sites for hydroxylation is 1. The van der Waals surface area contributed by atoms with Gasteiger partial charge in [0.1, 0.15) is 0 Å². The average Bonchev–Trinajstić information content (AvgIpc) is 2.72. The van der Waals surface area contributed by atoms with Gasteiger partial charge in [0, 0.05) is 19.1 Å². The van der Waals surface area contributed by atoms with E-state index in [1.54, 1.807) is 24.3 Å². The number of benzene rings is 2. The minimum atomic E-state index is -0.568. The second kappa shape index (κ2) is 11.6. The van der Waals surface area contributed by atoms with Crippen molar-refractivity contribution in [3.05, 3.63) is 70.8 Å². The Morgan fingerprint density at radius 2 is 1.67 bits per heavy atom. The van der Waals surface area contributed by atoms with Gasteiger partial charge < -0.3 is 20.7 Å². The average molecular weight is 412 g/mol. The molecule has 0 saturated carbocycles. The van der Waals surface area contributed by atoms with Crippen LogP contribution in [0.2, 0.25) is 0 Å². The van der Waals surface area contributed by atoms with Gasteiger partial charge in [0.2, 0.25) is 0 Å². The van der Waals surface area contributed by atoms with Crippen LogP contribution in [0.15, 0.2) is 48.5 Å². The fourth-order valence-electron chi connectivity index (χ4n) is 2.75. The van der Waals surface area contributed by atoms with Crippen LogP contribution < -0.4 is 16.0 Å². The number of carbonyl (C=O) groups is 3. The summed E-state index contributed by atoms with van der Waals surface area (Å²) in [7, 11) is 0. The Bertz CT molecular complexity index is 863. The summed E-state index contributed by atoms with van der Waals surface area (Å²) in [5.74, 6) is -0.907. The van der Waals surface area contributed by atoms with E-state index in [1.807, 2.05) is 45.0 Å². The van der Waals surface area contributed by atoms with Crippen molar-refractivity contribution in [1.29, 1.82) is 0 Å². The van der Waals surface area contributed by atoms with E-state index in [0.717, 1.165) is 12.0 Å². The van der Waals surface area contributed by atoms with Gasteiger partial charge in [0.25, 0.3) is 5.91 Å². The molecule has 0 unspecified atom stereocenters. The standard InChI is InChI=1S/C23H29N3O4/c1-16(2)26-23(29)25-14-18-8-10-20(11-9-18)22(28)30-15-21(27)24-13-12-19-7-5-4-6-17(19)3/h4-11,16H,12-15H2,1-3H3,(H,24,27)(H2,25,26,29). The summed E-state index contributed by atoms with van der Waals surface area (Å²) in [6.45, 7) is 6.28. The molecule has 0 spiro atoms. The van der Waals surface area contributed by atoms with Crippen molar-refractivity contribution in [2.45, 2.75) is 39.8 Å². The summed E-state index contributed by atoms with van der Waals surface area (Å²) in [5, 5.41) is 8.22. The molecule has 0 bridgehead atoms. The number of carbonyl (C=O) groups excluding carboxylic acids is 3. The minimum absolute atomic E-state index is 0.0572. The van der Waals surface area contributed by atoms with E-state index < -0.39 is 5.97 Å². The van der Waals surface area contributed by atoms with Crippen molar-refractivity contribution >= 4 is 17.9 Å². The lowest BCUT2D eigenvalue weighted by Gasteiger charge is -2.10. The second-order valence-corrected chi connectivity index (χ2v) is 7.28. The lowest BCUT2D eigenvalue weighted by atomic mass is 10.1. The Balaban J connectivity index is 1.70. The smallest absolute Gasteiger partial charge is 0.338 e. The molecule has 2 aromatic carbocycles. The molecular formula is C23H29N3O4. The molecule has 2 aromatic rings. The number of amides is 3. The number of ether oxygens (including phenoxy) is 1. The Labute approximate surface area is 177 Å². The largest absolute Gasteiger partial charge is 0.452 e. The number of esters is 1. The molecule has 3 amide bonds. The van der Waals surface area contributed by atoms with E-state index in [1.165, 1.54) is 11.1 Å². The van der Waals surface area contributed by atoms with Gasteiger partial charge in [0.15, 0.2) is 6.61 Å². The zero-order valence-electron chi connectivity index (χ0n) is 17.7. The first-order chi connectivity index (χ1) is 14.3. The van der Waals surface area contributed by atoms with E-state index in [-0.39, 0.29) is 24.6 Å². The SMILES string of the molecule is Cc1ccccc1CCNC(=O)COC(=O)c1ccc(CNC(=O)NC(C)C)cc1. The van der Waals surface area contributed by atoms with Gasteiger partial charge in [-0.05, 0) is 56.0 Å². The van der Waals surface area contributed by atoms with Crippen molar-refractivity contribution < 1.29 is 19.1 Å². The zero-order chi connectivity index (χ0) is 21.9. The lowest BCUT2D eigenvalue weighted by molar-refractivity contribution is -0.124. The van der Waals surface area contributed by atoms with Crippen LogP contribution in [0, 0.1) is 6.92 Å². The quantitative estimate of drug-likeness (QED) is 0.553. The molecular weight excluding hydrogens is 382 g/mol. The van der Waals surface area contributed by atoms with Crippen LogP contribution in [-0.2, 0) is 22.5 Å². The first-order valence-corrected chi connectivity index (χ1v) is 9.97. The third-order valence-corrected chi connectivity index (χ3v) is 4.37. The maximum atomic E-state index is 12.1. The molecule has 7 nitrogen and oxygen atoms in total. The molecule has 0 aliphatic carbocycles. The Morgan fingerprint density at radius 3 is 2.33 bits per heavy atom. The molecule has 0 saturated heterocycles. The number of urea groups is 1. The molecule has 30 heavy (non-hydrogen) atoms. The zero-order valence-corrected chi connectivity index (χ0v) is 17.7. The summed E-state index contributed by atoms with van der Waals surface area (Å²) in [6.07, 6.45) is 0.719. The fourth-order valence-corrected chi connectivity index (χ4v) is 2.75. The molecule has 0 radical (unpaired) electrons.